The van der Waals surface area contributed by atoms with Crippen molar-refractivity contribution in [2.75, 3.05) is 7.11 Å². The van der Waals surface area contributed by atoms with Crippen molar-refractivity contribution in [3.05, 3.63) is 29.1 Å². The highest BCUT2D eigenvalue weighted by molar-refractivity contribution is 5.99. The maximum Gasteiger partial charge on any atom is 0.355 e. The molecule has 4 heteroatoms. The van der Waals surface area contributed by atoms with Gasteiger partial charge in [0, 0.05) is 11.9 Å². The fraction of sp³-hybridized carbons (Fsp3) is 0.273. The van der Waals surface area contributed by atoms with Crippen molar-refractivity contribution < 1.29 is 14.3 Å². The van der Waals surface area contributed by atoms with Gasteiger partial charge in [0.05, 0.1) is 12.7 Å². The normalized spacial score (nSPS) is 9.80. The van der Waals surface area contributed by atoms with Gasteiger partial charge in [0.1, 0.15) is 5.69 Å². The van der Waals surface area contributed by atoms with Crippen molar-refractivity contribution in [2.24, 2.45) is 0 Å². The average Bonchev–Trinajstić information content (AvgIpc) is 2.50. The lowest BCUT2D eigenvalue weighted by atomic mass is 10.1. The molecule has 0 bridgehead atoms. The highest BCUT2D eigenvalue weighted by Gasteiger charge is 2.22. The topological polar surface area (TPSA) is 48.3 Å². The van der Waals surface area contributed by atoms with Crippen molar-refractivity contribution in [3.8, 4) is 0 Å². The highest BCUT2D eigenvalue weighted by atomic mass is 16.5. The van der Waals surface area contributed by atoms with Gasteiger partial charge in [-0.05, 0) is 19.4 Å². The Bertz CT molecular complexity index is 398. The molecule has 80 valence electrons. The molecule has 1 aromatic heterocycles. The van der Waals surface area contributed by atoms with Gasteiger partial charge in [-0.2, -0.15) is 0 Å². The summed E-state index contributed by atoms with van der Waals surface area (Å²) in [4.78, 5) is 22.4. The van der Waals surface area contributed by atoms with Crippen LogP contribution in [0.4, 0.5) is 0 Å². The molecule has 0 aliphatic carbocycles. The summed E-state index contributed by atoms with van der Waals surface area (Å²) in [6.45, 7) is 7.20. The van der Waals surface area contributed by atoms with Gasteiger partial charge in [0.25, 0.3) is 0 Å². The summed E-state index contributed by atoms with van der Waals surface area (Å²) in [7, 11) is 1.28. The molecule has 1 rings (SSSR count). The Labute approximate surface area is 88.2 Å². The third-order valence-electron chi connectivity index (χ3n) is 2.48. The number of aromatic nitrogens is 1. The predicted molar refractivity (Wildman–Crippen MR) is 57.0 cm³/mol. The molecule has 0 atom stereocenters. The number of ether oxygens (including phenoxy) is 1. The number of carbonyl (C=O) groups is 2. The van der Waals surface area contributed by atoms with E-state index in [0.717, 1.165) is 11.3 Å². The molecule has 0 aliphatic heterocycles. The third-order valence-corrected chi connectivity index (χ3v) is 2.48. The Hall–Kier alpha value is -1.84. The molecule has 0 aliphatic rings. The molecule has 4 nitrogen and oxygen atoms in total. The second-order valence-electron chi connectivity index (χ2n) is 3.13. The van der Waals surface area contributed by atoms with Crippen molar-refractivity contribution >= 4 is 18.5 Å². The van der Waals surface area contributed by atoms with Gasteiger partial charge < -0.3 is 9.30 Å². The van der Waals surface area contributed by atoms with Crippen molar-refractivity contribution in [3.63, 3.8) is 0 Å². The smallest absolute Gasteiger partial charge is 0.355 e. The highest BCUT2D eigenvalue weighted by Crippen LogP contribution is 2.21. The molecule has 0 radical (unpaired) electrons. The van der Waals surface area contributed by atoms with Gasteiger partial charge in [-0.25, -0.2) is 4.79 Å². The van der Waals surface area contributed by atoms with Crippen LogP contribution in [0, 0.1) is 13.8 Å². The first-order chi connectivity index (χ1) is 7.08. The molecule has 0 unspecified atom stereocenters. The zero-order chi connectivity index (χ0) is 11.6. The monoisotopic (exact) mass is 207 g/mol. The van der Waals surface area contributed by atoms with Crippen LogP contribution in [-0.2, 0) is 4.74 Å². The molecule has 1 aromatic rings. The third kappa shape index (κ3) is 1.58. The van der Waals surface area contributed by atoms with Crippen LogP contribution in [0.25, 0.3) is 6.20 Å². The van der Waals surface area contributed by atoms with E-state index in [1.807, 2.05) is 6.92 Å². The Morgan fingerprint density at radius 3 is 2.47 bits per heavy atom. The van der Waals surface area contributed by atoms with E-state index in [4.69, 9.17) is 0 Å². The maximum absolute atomic E-state index is 11.5. The van der Waals surface area contributed by atoms with Gasteiger partial charge in [-0.15, -0.1) is 0 Å². The predicted octanol–water partition coefficient (Wildman–Crippen LogP) is 1.80. The molecular weight excluding hydrogens is 194 g/mol. The lowest BCUT2D eigenvalue weighted by Crippen LogP contribution is -2.09. The minimum atomic E-state index is -0.534. The molecule has 0 N–H and O–H groups in total. The summed E-state index contributed by atoms with van der Waals surface area (Å²) >= 11 is 0. The van der Waals surface area contributed by atoms with Crippen LogP contribution in [0.5, 0.6) is 0 Å². The Morgan fingerprint density at radius 1 is 1.47 bits per heavy atom. The molecule has 0 aromatic carbocycles. The van der Waals surface area contributed by atoms with E-state index in [9.17, 15) is 9.59 Å². The largest absolute Gasteiger partial charge is 0.464 e. The van der Waals surface area contributed by atoms with Gasteiger partial charge in [0.15, 0.2) is 6.29 Å². The summed E-state index contributed by atoms with van der Waals surface area (Å²) in [6.07, 6.45) is 2.15. The van der Waals surface area contributed by atoms with E-state index >= 15 is 0 Å². The number of hydrogen-bond donors (Lipinski definition) is 0. The van der Waals surface area contributed by atoms with Crippen LogP contribution in [0.2, 0.25) is 0 Å². The van der Waals surface area contributed by atoms with E-state index < -0.39 is 5.97 Å². The molecule has 1 heterocycles. The minimum Gasteiger partial charge on any atom is -0.464 e. The number of hydrogen-bond acceptors (Lipinski definition) is 3. The number of carbonyl (C=O) groups excluding carboxylic acids is 2. The summed E-state index contributed by atoms with van der Waals surface area (Å²) in [5, 5.41) is 0. The first kappa shape index (κ1) is 11.2. The van der Waals surface area contributed by atoms with E-state index in [1.54, 1.807) is 11.5 Å². The van der Waals surface area contributed by atoms with Crippen LogP contribution < -0.4 is 0 Å². The van der Waals surface area contributed by atoms with Crippen LogP contribution in [0.15, 0.2) is 6.58 Å². The Morgan fingerprint density at radius 2 is 2.07 bits per heavy atom. The van der Waals surface area contributed by atoms with Crippen LogP contribution in [-0.4, -0.2) is 23.9 Å². The summed E-state index contributed by atoms with van der Waals surface area (Å²) in [5.41, 5.74) is 2.18. The van der Waals surface area contributed by atoms with Gasteiger partial charge >= 0.3 is 5.97 Å². The number of methoxy groups -OCH3 is 1. The van der Waals surface area contributed by atoms with Crippen molar-refractivity contribution in [1.82, 2.24) is 4.57 Å². The lowest BCUT2D eigenvalue weighted by Gasteiger charge is -2.03. The molecule has 0 fully saturated rings. The number of aldehydes is 1. The van der Waals surface area contributed by atoms with Gasteiger partial charge in [-0.3, -0.25) is 4.79 Å². The average molecular weight is 207 g/mol. The van der Waals surface area contributed by atoms with E-state index in [0.29, 0.717) is 11.8 Å². The maximum atomic E-state index is 11.5. The molecule has 0 saturated carbocycles. The van der Waals surface area contributed by atoms with Crippen LogP contribution >= 0.6 is 0 Å². The van der Waals surface area contributed by atoms with E-state index in [2.05, 4.69) is 11.3 Å². The van der Waals surface area contributed by atoms with Crippen molar-refractivity contribution in [2.45, 2.75) is 13.8 Å². The van der Waals surface area contributed by atoms with E-state index in [1.165, 1.54) is 13.3 Å². The van der Waals surface area contributed by atoms with Crippen molar-refractivity contribution in [1.29, 1.82) is 0 Å². The quantitative estimate of drug-likeness (QED) is 0.561. The lowest BCUT2D eigenvalue weighted by molar-refractivity contribution is 0.0589. The summed E-state index contributed by atoms with van der Waals surface area (Å²) in [6, 6.07) is 0. The second kappa shape index (κ2) is 4.13. The summed E-state index contributed by atoms with van der Waals surface area (Å²) in [5.74, 6) is -0.534. The van der Waals surface area contributed by atoms with Crippen LogP contribution in [0.1, 0.15) is 32.1 Å². The second-order valence-corrected chi connectivity index (χ2v) is 3.13. The van der Waals surface area contributed by atoms with Gasteiger partial charge in [0.2, 0.25) is 0 Å². The van der Waals surface area contributed by atoms with Gasteiger partial charge in [-0.1, -0.05) is 6.58 Å². The summed E-state index contributed by atoms with van der Waals surface area (Å²) < 4.78 is 6.18. The molecular formula is C11H13NO3. The van der Waals surface area contributed by atoms with Crippen LogP contribution in [0.3, 0.4) is 0 Å². The minimum absolute atomic E-state index is 0.234. The number of nitrogens with zero attached hydrogens (tertiary/aromatic N) is 1. The van der Waals surface area contributed by atoms with E-state index in [-0.39, 0.29) is 5.69 Å². The first-order valence-electron chi connectivity index (χ1n) is 4.45. The number of esters is 1. The molecule has 15 heavy (non-hydrogen) atoms. The fourth-order valence-corrected chi connectivity index (χ4v) is 1.53. The molecule has 0 saturated heterocycles. The number of rotatable bonds is 3. The fourth-order valence-electron chi connectivity index (χ4n) is 1.53. The SMILES string of the molecule is C=Cn1c(C)c(C)c(C=O)c1C(=O)OC. The first-order valence-corrected chi connectivity index (χ1v) is 4.45. The zero-order valence-electron chi connectivity index (χ0n) is 9.03. The Kier molecular flexibility index (Phi) is 3.09. The molecule has 0 amide bonds. The standard InChI is InChI=1S/C11H13NO3/c1-5-12-8(3)7(2)9(6-13)10(12)11(14)15-4/h5-6H,1H2,2-4H3. The molecule has 0 spiro atoms. The Balaban J connectivity index is 3.58. The zero-order valence-corrected chi connectivity index (χ0v) is 9.03.